The molecule has 0 amide bonds. The molecule has 25 heavy (non-hydrogen) atoms. The lowest BCUT2D eigenvalue weighted by atomic mass is 9.74. The summed E-state index contributed by atoms with van der Waals surface area (Å²) in [5.74, 6) is 1.05. The molecule has 0 bridgehead atoms. The molecule has 0 saturated heterocycles. The summed E-state index contributed by atoms with van der Waals surface area (Å²) in [6.07, 6.45) is 11.0. The van der Waals surface area contributed by atoms with Gasteiger partial charge in [0, 0.05) is 23.1 Å². The zero-order valence-electron chi connectivity index (χ0n) is 14.6. The van der Waals surface area contributed by atoms with E-state index >= 15 is 0 Å². The van der Waals surface area contributed by atoms with Crippen LogP contribution in [0.25, 0.3) is 22.0 Å². The van der Waals surface area contributed by atoms with E-state index in [1.807, 2.05) is 6.20 Å². The lowest BCUT2D eigenvalue weighted by molar-refractivity contribution is 0.394. The highest BCUT2D eigenvalue weighted by atomic mass is 14.7. The Morgan fingerprint density at radius 2 is 1.76 bits per heavy atom. The first-order valence-electron chi connectivity index (χ1n) is 9.00. The number of hydrogen-bond donors (Lipinski definition) is 0. The standard InChI is InChI=1S/C24H21N/c1-24(2)21-10-6-5-9-19(21)20-12-11-17(15-22(20)24)23-18-8-4-3-7-16(18)13-14-25-23/h3-15,19,21H,1-2H3. The molecule has 0 N–H and O–H groups in total. The van der Waals surface area contributed by atoms with E-state index in [1.165, 1.54) is 27.5 Å². The molecule has 2 aromatic carbocycles. The monoisotopic (exact) mass is 323 g/mol. The van der Waals surface area contributed by atoms with Crippen LogP contribution in [0.2, 0.25) is 0 Å². The van der Waals surface area contributed by atoms with Crippen LogP contribution in [0.1, 0.15) is 30.9 Å². The Kier molecular flexibility index (Phi) is 3.03. The minimum atomic E-state index is 0.141. The smallest absolute Gasteiger partial charge is 0.0780 e. The van der Waals surface area contributed by atoms with Crippen LogP contribution in [0, 0.1) is 5.92 Å². The van der Waals surface area contributed by atoms with E-state index in [9.17, 15) is 0 Å². The van der Waals surface area contributed by atoms with Crippen molar-refractivity contribution < 1.29 is 0 Å². The normalized spacial score (nSPS) is 22.8. The van der Waals surface area contributed by atoms with Gasteiger partial charge < -0.3 is 0 Å². The van der Waals surface area contributed by atoms with E-state index in [1.54, 1.807) is 0 Å². The molecular formula is C24H21N. The van der Waals surface area contributed by atoms with E-state index < -0.39 is 0 Å². The summed E-state index contributed by atoms with van der Waals surface area (Å²) in [7, 11) is 0. The van der Waals surface area contributed by atoms with Gasteiger partial charge in [0.1, 0.15) is 0 Å². The summed E-state index contributed by atoms with van der Waals surface area (Å²) in [6, 6.07) is 17.5. The van der Waals surface area contributed by atoms with Gasteiger partial charge in [-0.3, -0.25) is 4.98 Å². The van der Waals surface area contributed by atoms with Gasteiger partial charge in [-0.25, -0.2) is 0 Å². The quantitative estimate of drug-likeness (QED) is 0.533. The fraction of sp³-hybridized carbons (Fsp3) is 0.208. The first-order chi connectivity index (χ1) is 12.2. The molecule has 1 aromatic heterocycles. The molecule has 2 aliphatic rings. The third kappa shape index (κ3) is 2.05. The number of pyridine rings is 1. The van der Waals surface area contributed by atoms with Crippen molar-refractivity contribution in [1.82, 2.24) is 4.98 Å². The number of rotatable bonds is 1. The predicted molar refractivity (Wildman–Crippen MR) is 105 cm³/mol. The zero-order chi connectivity index (χ0) is 17.0. The summed E-state index contributed by atoms with van der Waals surface area (Å²) < 4.78 is 0. The van der Waals surface area contributed by atoms with Gasteiger partial charge in [0.2, 0.25) is 0 Å². The molecule has 2 aliphatic carbocycles. The molecule has 122 valence electrons. The number of hydrogen-bond acceptors (Lipinski definition) is 1. The minimum absolute atomic E-state index is 0.141. The summed E-state index contributed by atoms with van der Waals surface area (Å²) in [5, 5.41) is 2.46. The molecule has 5 rings (SSSR count). The Hall–Kier alpha value is -2.67. The number of fused-ring (bicyclic) bond motifs is 4. The first kappa shape index (κ1) is 14.7. The van der Waals surface area contributed by atoms with Gasteiger partial charge >= 0.3 is 0 Å². The molecular weight excluding hydrogens is 302 g/mol. The van der Waals surface area contributed by atoms with Gasteiger partial charge in [0.05, 0.1) is 5.69 Å². The van der Waals surface area contributed by atoms with Gasteiger partial charge in [0.25, 0.3) is 0 Å². The third-order valence-corrected chi connectivity index (χ3v) is 6.02. The summed E-state index contributed by atoms with van der Waals surface area (Å²) >= 11 is 0. The second-order valence-corrected chi connectivity index (χ2v) is 7.73. The maximum atomic E-state index is 4.71. The Balaban J connectivity index is 1.72. The number of benzene rings is 2. The Bertz CT molecular complexity index is 1030. The number of aromatic nitrogens is 1. The fourth-order valence-corrected chi connectivity index (χ4v) is 4.68. The van der Waals surface area contributed by atoms with Gasteiger partial charge in [-0.05, 0) is 40.0 Å². The molecule has 2 unspecified atom stereocenters. The van der Waals surface area contributed by atoms with E-state index in [0.717, 1.165) is 5.69 Å². The van der Waals surface area contributed by atoms with Crippen LogP contribution in [0.3, 0.4) is 0 Å². The van der Waals surface area contributed by atoms with Crippen LogP contribution in [0.5, 0.6) is 0 Å². The number of nitrogens with zero attached hydrogens (tertiary/aromatic N) is 1. The summed E-state index contributed by atoms with van der Waals surface area (Å²) in [6.45, 7) is 4.75. The summed E-state index contributed by atoms with van der Waals surface area (Å²) in [4.78, 5) is 4.71. The van der Waals surface area contributed by atoms with Crippen molar-refractivity contribution in [1.29, 1.82) is 0 Å². The highest BCUT2D eigenvalue weighted by molar-refractivity contribution is 5.94. The Morgan fingerprint density at radius 1 is 0.920 bits per heavy atom. The van der Waals surface area contributed by atoms with Gasteiger partial charge in [-0.2, -0.15) is 0 Å². The van der Waals surface area contributed by atoms with Gasteiger partial charge in [-0.1, -0.05) is 74.5 Å². The minimum Gasteiger partial charge on any atom is -0.256 e. The van der Waals surface area contributed by atoms with Crippen molar-refractivity contribution in [3.8, 4) is 11.3 Å². The molecule has 0 saturated carbocycles. The van der Waals surface area contributed by atoms with Crippen LogP contribution in [0.4, 0.5) is 0 Å². The maximum absolute atomic E-state index is 4.71. The summed E-state index contributed by atoms with van der Waals surface area (Å²) in [5.41, 5.74) is 5.38. The van der Waals surface area contributed by atoms with Crippen LogP contribution in [0.15, 0.2) is 79.0 Å². The molecule has 0 radical (unpaired) electrons. The van der Waals surface area contributed by atoms with Crippen LogP contribution in [-0.2, 0) is 5.41 Å². The highest BCUT2D eigenvalue weighted by Crippen LogP contribution is 2.53. The second-order valence-electron chi connectivity index (χ2n) is 7.73. The average Bonchev–Trinajstić information content (AvgIpc) is 2.89. The average molecular weight is 323 g/mol. The Morgan fingerprint density at radius 3 is 2.68 bits per heavy atom. The molecule has 1 heteroatoms. The van der Waals surface area contributed by atoms with Gasteiger partial charge in [-0.15, -0.1) is 0 Å². The zero-order valence-corrected chi connectivity index (χ0v) is 14.6. The maximum Gasteiger partial charge on any atom is 0.0780 e. The van der Waals surface area contributed by atoms with Crippen molar-refractivity contribution >= 4 is 10.8 Å². The molecule has 3 aromatic rings. The SMILES string of the molecule is CC1(C)c2cc(-c3nccc4ccccc34)ccc2C2C=CC=CC21. The van der Waals surface area contributed by atoms with E-state index in [2.05, 4.69) is 86.7 Å². The van der Waals surface area contributed by atoms with E-state index in [-0.39, 0.29) is 5.41 Å². The van der Waals surface area contributed by atoms with E-state index in [0.29, 0.717) is 11.8 Å². The van der Waals surface area contributed by atoms with E-state index in [4.69, 9.17) is 4.98 Å². The number of allylic oxidation sites excluding steroid dienone is 4. The van der Waals surface area contributed by atoms with Gasteiger partial charge in [0.15, 0.2) is 0 Å². The lowest BCUT2D eigenvalue weighted by Gasteiger charge is -2.29. The largest absolute Gasteiger partial charge is 0.256 e. The predicted octanol–water partition coefficient (Wildman–Crippen LogP) is 6.02. The van der Waals surface area contributed by atoms with Crippen molar-refractivity contribution in [2.75, 3.05) is 0 Å². The van der Waals surface area contributed by atoms with Crippen molar-refractivity contribution in [3.05, 3.63) is 90.2 Å². The Labute approximate surface area is 148 Å². The molecule has 0 fully saturated rings. The van der Waals surface area contributed by atoms with Crippen LogP contribution >= 0.6 is 0 Å². The van der Waals surface area contributed by atoms with Crippen molar-refractivity contribution in [2.45, 2.75) is 25.2 Å². The topological polar surface area (TPSA) is 12.9 Å². The van der Waals surface area contributed by atoms with Crippen LogP contribution < -0.4 is 0 Å². The lowest BCUT2D eigenvalue weighted by Crippen LogP contribution is -2.24. The molecule has 0 spiro atoms. The molecule has 1 heterocycles. The van der Waals surface area contributed by atoms with Crippen molar-refractivity contribution in [3.63, 3.8) is 0 Å². The van der Waals surface area contributed by atoms with Crippen molar-refractivity contribution in [2.24, 2.45) is 5.92 Å². The first-order valence-corrected chi connectivity index (χ1v) is 9.00. The molecule has 2 atom stereocenters. The third-order valence-electron chi connectivity index (χ3n) is 6.02. The highest BCUT2D eigenvalue weighted by Gasteiger charge is 2.44. The van der Waals surface area contributed by atoms with Crippen LogP contribution in [-0.4, -0.2) is 4.98 Å². The second kappa shape index (κ2) is 5.16. The fourth-order valence-electron chi connectivity index (χ4n) is 4.68. The molecule has 0 aliphatic heterocycles. The molecule has 1 nitrogen and oxygen atoms in total.